The standard InChI is InChI=1S/C23H25N.C18H24N4O18.ClH/c1-19(20-11-5-2-6-12-20)24-18-17-23(21-13-7-3-8-14-21)22-15-9-4-10-16-22;23-11(1-5-19(28)29)36-9-10-15(38-12(24)2-6-20(30)31)16(39-13(25)3-7-21(32)33)17(18(27)37-10)40-14(26)4-8-22(34)35;/h2-16,19,23-24H,17-18H2,1H3;10,15-18,27H,1-9H2;1H. The van der Waals surface area contributed by atoms with Crippen molar-refractivity contribution < 1.29 is 67.7 Å². The van der Waals surface area contributed by atoms with Crippen LogP contribution in [0.2, 0.25) is 0 Å². The van der Waals surface area contributed by atoms with E-state index in [-0.39, 0.29) is 12.4 Å². The second-order valence-electron chi connectivity index (χ2n) is 14.1. The van der Waals surface area contributed by atoms with Crippen LogP contribution in [-0.4, -0.2) is 119 Å². The fraction of sp³-hybridized carbons (Fsp3) is 0.463. The average Bonchev–Trinajstić information content (AvgIpc) is 3.27. The van der Waals surface area contributed by atoms with Crippen molar-refractivity contribution in [1.82, 2.24) is 5.32 Å². The van der Waals surface area contributed by atoms with E-state index >= 15 is 0 Å². The fourth-order valence-electron chi connectivity index (χ4n) is 6.24. The van der Waals surface area contributed by atoms with Gasteiger partial charge in [-0.15, -0.1) is 12.4 Å². The maximum absolute atomic E-state index is 12.3. The molecule has 1 aliphatic heterocycles. The van der Waals surface area contributed by atoms with Gasteiger partial charge in [0, 0.05) is 31.7 Å². The van der Waals surface area contributed by atoms with Gasteiger partial charge in [0.2, 0.25) is 26.2 Å². The summed E-state index contributed by atoms with van der Waals surface area (Å²) in [5.41, 5.74) is 4.12. The Morgan fingerprint density at radius 1 is 0.600 bits per heavy atom. The van der Waals surface area contributed by atoms with E-state index in [9.17, 15) is 64.7 Å². The first kappa shape index (κ1) is 54.4. The van der Waals surface area contributed by atoms with Crippen LogP contribution in [-0.2, 0) is 42.9 Å². The van der Waals surface area contributed by atoms with E-state index in [1.807, 2.05) is 0 Å². The van der Waals surface area contributed by atoms with Crippen LogP contribution >= 0.6 is 12.4 Å². The van der Waals surface area contributed by atoms with Gasteiger partial charge in [-0.3, -0.25) is 59.6 Å². The maximum atomic E-state index is 12.3. The number of carbonyl (C=O) groups excluding carboxylic acids is 4. The minimum Gasteiger partial charge on any atom is -0.463 e. The third-order valence-electron chi connectivity index (χ3n) is 9.40. The van der Waals surface area contributed by atoms with E-state index in [1.165, 1.54) is 16.7 Å². The van der Waals surface area contributed by atoms with E-state index < -0.39 is 133 Å². The van der Waals surface area contributed by atoms with Crippen LogP contribution in [0.4, 0.5) is 0 Å². The van der Waals surface area contributed by atoms with E-state index in [0.29, 0.717) is 12.0 Å². The Labute approximate surface area is 377 Å². The molecule has 0 bridgehead atoms. The van der Waals surface area contributed by atoms with Crippen molar-refractivity contribution in [3.05, 3.63) is 148 Å². The number of benzene rings is 3. The molecule has 0 radical (unpaired) electrons. The van der Waals surface area contributed by atoms with Gasteiger partial charge in [-0.1, -0.05) is 91.0 Å². The van der Waals surface area contributed by atoms with Crippen LogP contribution in [0.15, 0.2) is 91.0 Å². The molecule has 23 nitrogen and oxygen atoms in total. The highest BCUT2D eigenvalue weighted by molar-refractivity contribution is 5.85. The second kappa shape index (κ2) is 28.9. The highest BCUT2D eigenvalue weighted by Gasteiger charge is 2.52. The summed E-state index contributed by atoms with van der Waals surface area (Å²) in [5, 5.41) is 56.3. The van der Waals surface area contributed by atoms with E-state index in [2.05, 4.69) is 103 Å². The van der Waals surface area contributed by atoms with Gasteiger partial charge in [-0.2, -0.15) is 0 Å². The zero-order valence-corrected chi connectivity index (χ0v) is 35.9. The molecule has 0 saturated carbocycles. The Morgan fingerprint density at radius 3 is 1.38 bits per heavy atom. The molecule has 6 unspecified atom stereocenters. The van der Waals surface area contributed by atoms with Crippen LogP contribution in [0.25, 0.3) is 0 Å². The average molecular weight is 936 g/mol. The van der Waals surface area contributed by atoms with Crippen molar-refractivity contribution in [2.75, 3.05) is 39.3 Å². The van der Waals surface area contributed by atoms with Crippen LogP contribution in [0, 0.1) is 40.5 Å². The highest BCUT2D eigenvalue weighted by atomic mass is 35.5. The first-order chi connectivity index (χ1) is 30.5. The van der Waals surface area contributed by atoms with Crippen LogP contribution < -0.4 is 5.32 Å². The summed E-state index contributed by atoms with van der Waals surface area (Å²) in [5.74, 6) is -4.63. The molecule has 0 aromatic heterocycles. The van der Waals surface area contributed by atoms with Crippen molar-refractivity contribution in [2.24, 2.45) is 0 Å². The number of nitrogens with one attached hydrogen (secondary N) is 1. The van der Waals surface area contributed by atoms with Gasteiger partial charge < -0.3 is 34.1 Å². The number of carbonyl (C=O) groups is 4. The lowest BCUT2D eigenvalue weighted by molar-refractivity contribution is -0.479. The van der Waals surface area contributed by atoms with Gasteiger partial charge in [0.1, 0.15) is 38.4 Å². The molecular formula is C41H50ClN5O18. The number of hydrogen-bond donors (Lipinski definition) is 2. The summed E-state index contributed by atoms with van der Waals surface area (Å²) in [4.78, 5) is 87.3. The van der Waals surface area contributed by atoms with Crippen molar-refractivity contribution in [2.45, 2.75) is 81.7 Å². The quantitative estimate of drug-likeness (QED) is 0.0560. The third kappa shape index (κ3) is 20.6. The summed E-state index contributed by atoms with van der Waals surface area (Å²) >= 11 is 0. The Kier molecular flexibility index (Phi) is 24.2. The zero-order chi connectivity index (χ0) is 47.0. The van der Waals surface area contributed by atoms with E-state index in [0.717, 1.165) is 13.0 Å². The number of nitro groups is 4. The number of hydrogen-bond acceptors (Lipinski definition) is 19. The first-order valence-electron chi connectivity index (χ1n) is 20.0. The predicted molar refractivity (Wildman–Crippen MR) is 227 cm³/mol. The molecule has 0 aliphatic carbocycles. The van der Waals surface area contributed by atoms with Crippen molar-refractivity contribution in [3.63, 3.8) is 0 Å². The number of halogens is 1. The van der Waals surface area contributed by atoms with Crippen molar-refractivity contribution in [3.8, 4) is 0 Å². The SMILES string of the molecule is CC(NCCC(c1ccccc1)c1ccccc1)c1ccccc1.Cl.O=C(CC[N+](=O)[O-])OCC1OC(O)C(OC(=O)CC[N+](=O)[O-])C(OC(=O)CC[N+](=O)[O-])C1OC(=O)CC[N+](=O)[O-]. The summed E-state index contributed by atoms with van der Waals surface area (Å²) in [6.07, 6.45) is -12.1. The molecule has 0 amide bonds. The summed E-state index contributed by atoms with van der Waals surface area (Å²) in [6.45, 7) is -1.24. The molecule has 1 saturated heterocycles. The topological polar surface area (TPSA) is 319 Å². The summed E-state index contributed by atoms with van der Waals surface area (Å²) < 4.78 is 25.1. The third-order valence-corrected chi connectivity index (χ3v) is 9.40. The lowest BCUT2D eigenvalue weighted by atomic mass is 9.88. The van der Waals surface area contributed by atoms with Gasteiger partial charge in [0.25, 0.3) is 0 Å². The molecule has 3 aromatic rings. The molecular weight excluding hydrogens is 886 g/mol. The molecule has 1 aliphatic rings. The summed E-state index contributed by atoms with van der Waals surface area (Å²) in [6, 6.07) is 32.6. The van der Waals surface area contributed by atoms with Gasteiger partial charge in [-0.05, 0) is 36.6 Å². The minimum atomic E-state index is -2.22. The number of esters is 4. The number of ether oxygens (including phenoxy) is 5. The Bertz CT molecular complexity index is 1960. The number of nitrogens with zero attached hydrogens (tertiary/aromatic N) is 4. The molecule has 1 heterocycles. The molecule has 0 spiro atoms. The number of aliphatic hydroxyl groups excluding tert-OH is 1. The molecule has 4 rings (SSSR count). The minimum absolute atomic E-state index is 0. The monoisotopic (exact) mass is 935 g/mol. The lowest BCUT2D eigenvalue weighted by Crippen LogP contribution is -2.62. The number of aliphatic hydroxyl groups is 1. The molecule has 3 aromatic carbocycles. The van der Waals surface area contributed by atoms with Gasteiger partial charge in [0.05, 0.1) is 0 Å². The maximum Gasteiger partial charge on any atom is 0.313 e. The molecule has 6 atom stereocenters. The van der Waals surface area contributed by atoms with Crippen LogP contribution in [0.3, 0.4) is 0 Å². The fourth-order valence-corrected chi connectivity index (χ4v) is 6.24. The predicted octanol–water partition coefficient (Wildman–Crippen LogP) is 3.63. The van der Waals surface area contributed by atoms with Crippen molar-refractivity contribution in [1.29, 1.82) is 0 Å². The molecule has 354 valence electrons. The van der Waals surface area contributed by atoms with E-state index in [1.54, 1.807) is 0 Å². The van der Waals surface area contributed by atoms with Crippen LogP contribution in [0.1, 0.15) is 67.7 Å². The molecule has 1 fully saturated rings. The molecule has 24 heteroatoms. The molecule has 2 N–H and O–H groups in total. The molecule has 65 heavy (non-hydrogen) atoms. The highest BCUT2D eigenvalue weighted by Crippen LogP contribution is 2.30. The smallest absolute Gasteiger partial charge is 0.313 e. The Hall–Kier alpha value is -6.69. The largest absolute Gasteiger partial charge is 0.463 e. The normalized spacial score (nSPS) is 18.0. The van der Waals surface area contributed by atoms with Gasteiger partial charge >= 0.3 is 23.9 Å². The van der Waals surface area contributed by atoms with Crippen LogP contribution in [0.5, 0.6) is 0 Å². The van der Waals surface area contributed by atoms with Crippen molar-refractivity contribution >= 4 is 36.3 Å². The summed E-state index contributed by atoms with van der Waals surface area (Å²) in [7, 11) is 0. The first-order valence-corrected chi connectivity index (χ1v) is 20.0. The Balaban J connectivity index is 0.000000492. The Morgan fingerprint density at radius 2 is 0.969 bits per heavy atom. The van der Waals surface area contributed by atoms with Gasteiger partial charge in [-0.25, -0.2) is 0 Å². The van der Waals surface area contributed by atoms with E-state index in [4.69, 9.17) is 23.7 Å². The number of rotatable bonds is 24. The van der Waals surface area contributed by atoms with Gasteiger partial charge in [0.15, 0.2) is 24.6 Å². The lowest BCUT2D eigenvalue weighted by Gasteiger charge is -2.42. The zero-order valence-electron chi connectivity index (χ0n) is 35.1. The second-order valence-corrected chi connectivity index (χ2v) is 14.1.